The predicted octanol–water partition coefficient (Wildman–Crippen LogP) is 5.45. The number of ether oxygens (including phenoxy) is 1. The maximum absolute atomic E-state index is 13.2. The Balaban J connectivity index is 1.65. The summed E-state index contributed by atoms with van der Waals surface area (Å²) in [6.07, 6.45) is 0. The molecule has 0 aliphatic rings. The summed E-state index contributed by atoms with van der Waals surface area (Å²) < 4.78 is 5.48. The van der Waals surface area contributed by atoms with E-state index in [1.54, 1.807) is 30.3 Å². The van der Waals surface area contributed by atoms with Gasteiger partial charge in [0.25, 0.3) is 5.91 Å². The van der Waals surface area contributed by atoms with E-state index in [1.165, 1.54) is 18.4 Å². The van der Waals surface area contributed by atoms with Gasteiger partial charge in [0.15, 0.2) is 0 Å². The molecule has 6 nitrogen and oxygen atoms in total. The molecule has 2 aromatic heterocycles. The van der Waals surface area contributed by atoms with Gasteiger partial charge < -0.3 is 15.4 Å². The minimum atomic E-state index is -0.275. The van der Waals surface area contributed by atoms with Crippen molar-refractivity contribution in [2.24, 2.45) is 0 Å². The highest BCUT2D eigenvalue weighted by Gasteiger charge is 2.15. The number of amides is 2. The number of para-hydroxylation sites is 1. The maximum Gasteiger partial charge on any atom is 0.256 e. The molecule has 0 saturated heterocycles. The highest BCUT2D eigenvalue weighted by molar-refractivity contribution is 7.19. The van der Waals surface area contributed by atoms with Crippen LogP contribution in [0.3, 0.4) is 0 Å². The topological polar surface area (TPSA) is 80.3 Å². The summed E-state index contributed by atoms with van der Waals surface area (Å²) in [7, 11) is 1.45. The highest BCUT2D eigenvalue weighted by Crippen LogP contribution is 2.32. The molecule has 0 spiro atoms. The third-order valence-corrected chi connectivity index (χ3v) is 5.72. The molecule has 2 amide bonds. The van der Waals surface area contributed by atoms with Crippen molar-refractivity contribution in [3.8, 4) is 10.6 Å². The number of thiophene rings is 1. The van der Waals surface area contributed by atoms with E-state index in [1.807, 2.05) is 36.4 Å². The van der Waals surface area contributed by atoms with Crippen molar-refractivity contribution in [1.82, 2.24) is 4.98 Å². The third kappa shape index (κ3) is 4.91. The minimum Gasteiger partial charge on any atom is -0.375 e. The van der Waals surface area contributed by atoms with Gasteiger partial charge in [0.1, 0.15) is 6.61 Å². The molecule has 0 bridgehead atoms. The number of carbonyl (C=O) groups is 2. The lowest BCUT2D eigenvalue weighted by Crippen LogP contribution is -2.17. The van der Waals surface area contributed by atoms with Crippen LogP contribution in [-0.4, -0.2) is 30.5 Å². The Kier molecular flexibility index (Phi) is 6.27. The van der Waals surface area contributed by atoms with E-state index in [0.717, 1.165) is 15.8 Å². The summed E-state index contributed by atoms with van der Waals surface area (Å²) in [5.74, 6) is -0.548. The van der Waals surface area contributed by atoms with E-state index in [2.05, 4.69) is 15.6 Å². The molecule has 4 rings (SSSR count). The van der Waals surface area contributed by atoms with Crippen molar-refractivity contribution in [3.05, 3.63) is 76.6 Å². The number of rotatable bonds is 6. The lowest BCUT2D eigenvalue weighted by atomic mass is 10.1. The van der Waals surface area contributed by atoms with E-state index in [-0.39, 0.29) is 18.4 Å². The number of hydrogen-bond donors (Lipinski definition) is 2. The zero-order valence-electron chi connectivity index (χ0n) is 16.5. The monoisotopic (exact) mass is 451 g/mol. The smallest absolute Gasteiger partial charge is 0.256 e. The summed E-state index contributed by atoms with van der Waals surface area (Å²) in [4.78, 5) is 30.5. The Morgan fingerprint density at radius 3 is 2.52 bits per heavy atom. The van der Waals surface area contributed by atoms with Gasteiger partial charge >= 0.3 is 0 Å². The van der Waals surface area contributed by atoms with E-state index in [0.29, 0.717) is 27.0 Å². The average molecular weight is 452 g/mol. The molecule has 2 heterocycles. The standard InChI is InChI=1S/C23H18ClN3O3S/c1-30-13-22(28)25-14-5-4-6-15(11-14)26-23(29)17-12-19(20-9-10-21(24)31-20)27-18-8-3-2-7-16(17)18/h2-12H,13H2,1H3,(H,25,28)(H,26,29). The maximum atomic E-state index is 13.2. The van der Waals surface area contributed by atoms with Gasteiger partial charge in [0.05, 0.1) is 26.0 Å². The number of carbonyl (C=O) groups excluding carboxylic acids is 2. The van der Waals surface area contributed by atoms with Gasteiger partial charge in [-0.1, -0.05) is 35.9 Å². The van der Waals surface area contributed by atoms with Gasteiger partial charge in [-0.25, -0.2) is 4.98 Å². The summed E-state index contributed by atoms with van der Waals surface area (Å²) in [5, 5.41) is 6.38. The Morgan fingerprint density at radius 2 is 1.77 bits per heavy atom. The molecule has 2 N–H and O–H groups in total. The van der Waals surface area contributed by atoms with Crippen molar-refractivity contribution in [1.29, 1.82) is 0 Å². The molecule has 0 atom stereocenters. The first-order valence-corrected chi connectivity index (χ1v) is 10.6. The van der Waals surface area contributed by atoms with Crippen LogP contribution in [0.4, 0.5) is 11.4 Å². The number of halogens is 1. The molecule has 4 aromatic rings. The van der Waals surface area contributed by atoms with Crippen LogP contribution in [0.1, 0.15) is 10.4 Å². The molecule has 0 unspecified atom stereocenters. The third-order valence-electron chi connectivity index (χ3n) is 4.47. The van der Waals surface area contributed by atoms with Gasteiger partial charge in [-0.3, -0.25) is 9.59 Å². The van der Waals surface area contributed by atoms with Crippen LogP contribution in [0.5, 0.6) is 0 Å². The van der Waals surface area contributed by atoms with Gasteiger partial charge in [-0.2, -0.15) is 0 Å². The summed E-state index contributed by atoms with van der Waals surface area (Å²) in [5.41, 5.74) is 3.02. The van der Waals surface area contributed by atoms with Crippen LogP contribution in [0.2, 0.25) is 4.34 Å². The van der Waals surface area contributed by atoms with Crippen molar-refractivity contribution < 1.29 is 14.3 Å². The van der Waals surface area contributed by atoms with Crippen LogP contribution in [0.25, 0.3) is 21.5 Å². The first kappa shape index (κ1) is 21.0. The van der Waals surface area contributed by atoms with Gasteiger partial charge in [-0.05, 0) is 42.5 Å². The fourth-order valence-corrected chi connectivity index (χ4v) is 4.15. The SMILES string of the molecule is COCC(=O)Nc1cccc(NC(=O)c2cc(-c3ccc(Cl)s3)nc3ccccc23)c1. The summed E-state index contributed by atoms with van der Waals surface area (Å²) in [6.45, 7) is -0.0465. The molecular weight excluding hydrogens is 434 g/mol. The molecular formula is C23H18ClN3O3S. The number of pyridine rings is 1. The Bertz CT molecular complexity index is 1270. The van der Waals surface area contributed by atoms with Gasteiger partial charge in [0, 0.05) is 23.9 Å². The fourth-order valence-electron chi connectivity index (χ4n) is 3.14. The zero-order valence-corrected chi connectivity index (χ0v) is 18.1. The molecule has 2 aromatic carbocycles. The van der Waals surface area contributed by atoms with Crippen LogP contribution in [0, 0.1) is 0 Å². The Hall–Kier alpha value is -3.26. The normalized spacial score (nSPS) is 10.8. The van der Waals surface area contributed by atoms with Gasteiger partial charge in [-0.15, -0.1) is 11.3 Å². The first-order chi connectivity index (χ1) is 15.0. The molecule has 0 fully saturated rings. The Morgan fingerprint density at radius 1 is 1.00 bits per heavy atom. The first-order valence-electron chi connectivity index (χ1n) is 9.39. The zero-order chi connectivity index (χ0) is 21.8. The lowest BCUT2D eigenvalue weighted by molar-refractivity contribution is -0.119. The molecule has 0 saturated carbocycles. The second-order valence-corrected chi connectivity index (χ2v) is 8.41. The van der Waals surface area contributed by atoms with Crippen LogP contribution in [0.15, 0.2) is 66.7 Å². The molecule has 31 heavy (non-hydrogen) atoms. The van der Waals surface area contributed by atoms with E-state index in [9.17, 15) is 9.59 Å². The second kappa shape index (κ2) is 9.26. The number of aromatic nitrogens is 1. The largest absolute Gasteiger partial charge is 0.375 e. The number of nitrogens with one attached hydrogen (secondary N) is 2. The highest BCUT2D eigenvalue weighted by atomic mass is 35.5. The summed E-state index contributed by atoms with van der Waals surface area (Å²) >= 11 is 7.49. The molecule has 0 radical (unpaired) electrons. The number of anilines is 2. The number of benzene rings is 2. The van der Waals surface area contributed by atoms with Crippen molar-refractivity contribution in [2.45, 2.75) is 0 Å². The van der Waals surface area contributed by atoms with Crippen molar-refractivity contribution >= 4 is 57.0 Å². The Labute approximate surface area is 187 Å². The fraction of sp³-hybridized carbons (Fsp3) is 0.0870. The predicted molar refractivity (Wildman–Crippen MR) is 125 cm³/mol. The van der Waals surface area contributed by atoms with Crippen molar-refractivity contribution in [3.63, 3.8) is 0 Å². The van der Waals surface area contributed by atoms with E-state index < -0.39 is 0 Å². The van der Waals surface area contributed by atoms with Crippen LogP contribution in [-0.2, 0) is 9.53 Å². The lowest BCUT2D eigenvalue weighted by Gasteiger charge is -2.11. The summed E-state index contributed by atoms with van der Waals surface area (Å²) in [6, 6.07) is 19.9. The quantitative estimate of drug-likeness (QED) is 0.408. The van der Waals surface area contributed by atoms with Crippen LogP contribution < -0.4 is 10.6 Å². The molecule has 0 aliphatic heterocycles. The second-order valence-electron chi connectivity index (χ2n) is 6.69. The van der Waals surface area contributed by atoms with E-state index in [4.69, 9.17) is 16.3 Å². The number of methoxy groups -OCH3 is 1. The number of hydrogen-bond acceptors (Lipinski definition) is 5. The van der Waals surface area contributed by atoms with Gasteiger partial charge in [0.2, 0.25) is 5.91 Å². The van der Waals surface area contributed by atoms with E-state index >= 15 is 0 Å². The molecule has 0 aliphatic carbocycles. The number of fused-ring (bicyclic) bond motifs is 1. The number of nitrogens with zero attached hydrogens (tertiary/aromatic N) is 1. The van der Waals surface area contributed by atoms with Crippen molar-refractivity contribution in [2.75, 3.05) is 24.4 Å². The molecule has 8 heteroatoms. The average Bonchev–Trinajstić information content (AvgIpc) is 3.19. The van der Waals surface area contributed by atoms with Crippen LogP contribution >= 0.6 is 22.9 Å². The minimum absolute atomic E-state index is 0.0465. The molecule has 156 valence electrons.